The third-order valence-electron chi connectivity index (χ3n) is 2.51. The maximum absolute atomic E-state index is 5.42. The second-order valence-corrected chi connectivity index (χ2v) is 3.63. The molecule has 0 bridgehead atoms. The molecular weight excluding hydrogens is 216 g/mol. The van der Waals surface area contributed by atoms with Gasteiger partial charge in [0.1, 0.15) is 0 Å². The molecule has 0 spiro atoms. The number of hydrogen-bond acceptors (Lipinski definition) is 5. The molecule has 0 unspecified atom stereocenters. The van der Waals surface area contributed by atoms with Gasteiger partial charge < -0.3 is 10.3 Å². The molecule has 0 aliphatic rings. The Morgan fingerprint density at radius 1 is 1.24 bits per heavy atom. The van der Waals surface area contributed by atoms with E-state index in [9.17, 15) is 0 Å². The second-order valence-electron chi connectivity index (χ2n) is 3.63. The van der Waals surface area contributed by atoms with Crippen LogP contribution in [-0.2, 0) is 6.54 Å². The van der Waals surface area contributed by atoms with Gasteiger partial charge in [-0.05, 0) is 12.1 Å². The fraction of sp³-hybridized carbons (Fsp3) is 0.0833. The Bertz CT molecular complexity index is 662. The SMILES string of the molecule is NCc1nc(-c2ccc3cccnc3c2)no1. The predicted octanol–water partition coefficient (Wildman–Crippen LogP) is 1.74. The van der Waals surface area contributed by atoms with E-state index in [1.165, 1.54) is 0 Å². The minimum atomic E-state index is 0.249. The third-order valence-corrected chi connectivity index (χ3v) is 2.51. The Labute approximate surface area is 97.3 Å². The average molecular weight is 226 g/mol. The summed E-state index contributed by atoms with van der Waals surface area (Å²) < 4.78 is 4.97. The van der Waals surface area contributed by atoms with Crippen molar-refractivity contribution in [3.05, 3.63) is 42.4 Å². The number of nitrogens with two attached hydrogens (primary N) is 1. The first-order valence-corrected chi connectivity index (χ1v) is 5.24. The lowest BCUT2D eigenvalue weighted by Gasteiger charge is -1.98. The highest BCUT2D eigenvalue weighted by Gasteiger charge is 2.07. The van der Waals surface area contributed by atoms with Crippen LogP contribution in [0.25, 0.3) is 22.3 Å². The average Bonchev–Trinajstić information content (AvgIpc) is 2.87. The van der Waals surface area contributed by atoms with Crippen molar-refractivity contribution in [1.29, 1.82) is 0 Å². The van der Waals surface area contributed by atoms with Gasteiger partial charge in [0.15, 0.2) is 0 Å². The van der Waals surface area contributed by atoms with Crippen molar-refractivity contribution in [2.75, 3.05) is 0 Å². The smallest absolute Gasteiger partial charge is 0.240 e. The van der Waals surface area contributed by atoms with Crippen molar-refractivity contribution in [3.8, 4) is 11.4 Å². The van der Waals surface area contributed by atoms with E-state index in [-0.39, 0.29) is 6.54 Å². The molecule has 1 aromatic carbocycles. The summed E-state index contributed by atoms with van der Waals surface area (Å²) in [4.78, 5) is 8.46. The van der Waals surface area contributed by atoms with Crippen molar-refractivity contribution in [2.24, 2.45) is 5.73 Å². The lowest BCUT2D eigenvalue weighted by molar-refractivity contribution is 0.380. The van der Waals surface area contributed by atoms with Crippen LogP contribution < -0.4 is 5.73 Å². The molecule has 0 aliphatic carbocycles. The Kier molecular flexibility index (Phi) is 2.31. The molecule has 5 heteroatoms. The van der Waals surface area contributed by atoms with Crippen molar-refractivity contribution < 1.29 is 4.52 Å². The summed E-state index contributed by atoms with van der Waals surface area (Å²) in [6.07, 6.45) is 1.76. The normalized spacial score (nSPS) is 10.9. The molecule has 0 fully saturated rings. The van der Waals surface area contributed by atoms with Crippen LogP contribution in [0.15, 0.2) is 41.1 Å². The highest BCUT2D eigenvalue weighted by molar-refractivity contribution is 5.82. The topological polar surface area (TPSA) is 77.8 Å². The summed E-state index contributed by atoms with van der Waals surface area (Å²) in [7, 11) is 0. The van der Waals surface area contributed by atoms with Crippen LogP contribution in [-0.4, -0.2) is 15.1 Å². The third kappa shape index (κ3) is 1.76. The Morgan fingerprint density at radius 2 is 2.18 bits per heavy atom. The fourth-order valence-electron chi connectivity index (χ4n) is 1.66. The molecule has 84 valence electrons. The van der Waals surface area contributed by atoms with Crippen LogP contribution in [0.1, 0.15) is 5.89 Å². The Morgan fingerprint density at radius 3 is 3.00 bits per heavy atom. The highest BCUT2D eigenvalue weighted by Crippen LogP contribution is 2.20. The van der Waals surface area contributed by atoms with Gasteiger partial charge >= 0.3 is 0 Å². The molecule has 0 saturated carbocycles. The van der Waals surface area contributed by atoms with E-state index in [4.69, 9.17) is 10.3 Å². The largest absolute Gasteiger partial charge is 0.338 e. The molecule has 0 aliphatic heterocycles. The minimum absolute atomic E-state index is 0.249. The van der Waals surface area contributed by atoms with Crippen molar-refractivity contribution in [2.45, 2.75) is 6.54 Å². The summed E-state index contributed by atoms with van der Waals surface area (Å²) in [5.41, 5.74) is 7.20. The van der Waals surface area contributed by atoms with Crippen molar-refractivity contribution >= 4 is 10.9 Å². The zero-order chi connectivity index (χ0) is 11.7. The van der Waals surface area contributed by atoms with Crippen LogP contribution in [0.2, 0.25) is 0 Å². The number of fused-ring (bicyclic) bond motifs is 1. The first kappa shape index (κ1) is 9.92. The molecule has 2 aromatic heterocycles. The van der Waals surface area contributed by atoms with Gasteiger partial charge in [0.25, 0.3) is 0 Å². The fourth-order valence-corrected chi connectivity index (χ4v) is 1.66. The summed E-state index contributed by atoms with van der Waals surface area (Å²) in [5, 5.41) is 4.95. The van der Waals surface area contributed by atoms with E-state index in [2.05, 4.69) is 15.1 Å². The van der Waals surface area contributed by atoms with E-state index in [0.717, 1.165) is 16.5 Å². The lowest BCUT2D eigenvalue weighted by atomic mass is 10.1. The molecule has 0 saturated heterocycles. The molecule has 3 rings (SSSR count). The zero-order valence-electron chi connectivity index (χ0n) is 9.00. The lowest BCUT2D eigenvalue weighted by Crippen LogP contribution is -1.95. The van der Waals surface area contributed by atoms with Gasteiger partial charge in [0.05, 0.1) is 12.1 Å². The number of aromatic nitrogens is 3. The number of pyridine rings is 1. The molecule has 17 heavy (non-hydrogen) atoms. The first-order valence-electron chi connectivity index (χ1n) is 5.24. The van der Waals surface area contributed by atoms with Gasteiger partial charge in [-0.15, -0.1) is 0 Å². The quantitative estimate of drug-likeness (QED) is 0.720. The maximum Gasteiger partial charge on any atom is 0.240 e. The molecular formula is C12H10N4O. The second kappa shape index (κ2) is 3.95. The summed E-state index contributed by atoms with van der Waals surface area (Å²) in [6.45, 7) is 0.249. The van der Waals surface area contributed by atoms with Crippen LogP contribution in [0.5, 0.6) is 0 Å². The van der Waals surface area contributed by atoms with Gasteiger partial charge in [-0.25, -0.2) is 0 Å². The molecule has 5 nitrogen and oxygen atoms in total. The molecule has 2 N–H and O–H groups in total. The van der Waals surface area contributed by atoms with E-state index in [1.54, 1.807) is 6.20 Å². The Balaban J connectivity index is 2.11. The van der Waals surface area contributed by atoms with E-state index in [0.29, 0.717) is 11.7 Å². The van der Waals surface area contributed by atoms with Gasteiger partial charge in [-0.3, -0.25) is 4.98 Å². The molecule has 0 amide bonds. The number of nitrogens with zero attached hydrogens (tertiary/aromatic N) is 3. The van der Waals surface area contributed by atoms with E-state index in [1.807, 2.05) is 30.3 Å². The van der Waals surface area contributed by atoms with Crippen LogP contribution in [0.4, 0.5) is 0 Å². The molecule has 0 radical (unpaired) electrons. The number of benzene rings is 1. The highest BCUT2D eigenvalue weighted by atomic mass is 16.5. The van der Waals surface area contributed by atoms with Crippen molar-refractivity contribution in [3.63, 3.8) is 0 Å². The van der Waals surface area contributed by atoms with Crippen LogP contribution >= 0.6 is 0 Å². The summed E-state index contributed by atoms with van der Waals surface area (Å²) in [5.74, 6) is 0.971. The Hall–Kier alpha value is -2.27. The molecule has 3 aromatic rings. The molecule has 0 atom stereocenters. The van der Waals surface area contributed by atoms with Crippen LogP contribution in [0, 0.1) is 0 Å². The number of rotatable bonds is 2. The van der Waals surface area contributed by atoms with Gasteiger partial charge in [-0.2, -0.15) is 4.98 Å². The van der Waals surface area contributed by atoms with E-state index < -0.39 is 0 Å². The van der Waals surface area contributed by atoms with Crippen LogP contribution in [0.3, 0.4) is 0 Å². The standard InChI is InChI=1S/C12H10N4O/c13-7-11-15-12(16-17-11)9-4-3-8-2-1-5-14-10(8)6-9/h1-6H,7,13H2. The summed E-state index contributed by atoms with van der Waals surface area (Å²) >= 11 is 0. The first-order chi connectivity index (χ1) is 8.36. The molecule has 2 heterocycles. The van der Waals surface area contributed by atoms with Gasteiger partial charge in [-0.1, -0.05) is 23.4 Å². The number of hydrogen-bond donors (Lipinski definition) is 1. The maximum atomic E-state index is 5.42. The monoisotopic (exact) mass is 226 g/mol. The zero-order valence-corrected chi connectivity index (χ0v) is 9.00. The van der Waals surface area contributed by atoms with E-state index >= 15 is 0 Å². The van der Waals surface area contributed by atoms with Gasteiger partial charge in [0.2, 0.25) is 11.7 Å². The minimum Gasteiger partial charge on any atom is -0.338 e. The van der Waals surface area contributed by atoms with Gasteiger partial charge in [0, 0.05) is 17.1 Å². The summed E-state index contributed by atoms with van der Waals surface area (Å²) in [6, 6.07) is 9.77. The predicted molar refractivity (Wildman–Crippen MR) is 62.9 cm³/mol. The van der Waals surface area contributed by atoms with Crippen molar-refractivity contribution in [1.82, 2.24) is 15.1 Å².